The van der Waals surface area contributed by atoms with Crippen molar-refractivity contribution in [3.05, 3.63) is 41.7 Å². The summed E-state index contributed by atoms with van der Waals surface area (Å²) in [5.74, 6) is -1.86. The molecule has 0 spiro atoms. The Labute approximate surface area is 167 Å². The number of halogens is 9. The highest BCUT2D eigenvalue weighted by Crippen LogP contribution is 2.33. The van der Waals surface area contributed by atoms with Crippen LogP contribution in [0.3, 0.4) is 0 Å². The van der Waals surface area contributed by atoms with Crippen LogP contribution >= 0.6 is 0 Å². The molecule has 2 aromatic rings. The van der Waals surface area contributed by atoms with E-state index >= 15 is 0 Å². The van der Waals surface area contributed by atoms with Crippen molar-refractivity contribution >= 4 is 17.5 Å². The molecule has 0 aliphatic carbocycles. The third-order valence-corrected chi connectivity index (χ3v) is 3.48. The van der Waals surface area contributed by atoms with Gasteiger partial charge in [0.25, 0.3) is 0 Å². The van der Waals surface area contributed by atoms with E-state index in [9.17, 15) is 44.3 Å². The second-order valence-electron chi connectivity index (χ2n) is 5.87. The molecular formula is C16H11F9N4O2. The molecule has 15 heteroatoms. The number of hydrogen-bond donors (Lipinski definition) is 1. The molecule has 2 aromatic heterocycles. The second-order valence-corrected chi connectivity index (χ2v) is 5.87. The molecule has 2 heterocycles. The van der Waals surface area contributed by atoms with E-state index in [1.54, 1.807) is 0 Å². The largest absolute Gasteiger partial charge is 0.468 e. The van der Waals surface area contributed by atoms with Crippen LogP contribution in [0.2, 0.25) is 0 Å². The number of hydrogen-bond acceptors (Lipinski definition) is 4. The summed E-state index contributed by atoms with van der Waals surface area (Å²) in [4.78, 5) is 19.4. The molecule has 0 aliphatic heterocycles. The predicted molar refractivity (Wildman–Crippen MR) is 87.4 cm³/mol. The number of urea groups is 1. The Balaban J connectivity index is 2.24. The zero-order valence-electron chi connectivity index (χ0n) is 15.2. The van der Waals surface area contributed by atoms with Gasteiger partial charge in [-0.05, 0) is 18.2 Å². The van der Waals surface area contributed by atoms with Crippen LogP contribution < -0.4 is 15.0 Å². The number of anilines is 2. The minimum absolute atomic E-state index is 0.161. The molecule has 2 amide bonds. The summed E-state index contributed by atoms with van der Waals surface area (Å²) >= 11 is 0. The molecule has 0 fully saturated rings. The van der Waals surface area contributed by atoms with Gasteiger partial charge in [0, 0.05) is 13.1 Å². The van der Waals surface area contributed by atoms with Crippen LogP contribution in [0.5, 0.6) is 5.88 Å². The molecule has 6 nitrogen and oxygen atoms in total. The zero-order valence-corrected chi connectivity index (χ0v) is 15.2. The van der Waals surface area contributed by atoms with Crippen LogP contribution in [0, 0.1) is 0 Å². The molecule has 0 radical (unpaired) electrons. The SMILES string of the molecule is CN(C(=O)Nc1cc(C(F)(F)F)cc(OCC(F)(F)F)n1)c1ccc(C(F)(F)F)nc1. The summed E-state index contributed by atoms with van der Waals surface area (Å²) in [5, 5.41) is 1.90. The lowest BCUT2D eigenvalue weighted by Crippen LogP contribution is -2.32. The lowest BCUT2D eigenvalue weighted by atomic mass is 10.2. The van der Waals surface area contributed by atoms with Crippen LogP contribution in [0.4, 0.5) is 55.8 Å². The van der Waals surface area contributed by atoms with Gasteiger partial charge >= 0.3 is 24.6 Å². The predicted octanol–water partition coefficient (Wildman–Crippen LogP) is 5.12. The molecule has 0 bridgehead atoms. The van der Waals surface area contributed by atoms with Crippen molar-refractivity contribution in [3.8, 4) is 5.88 Å². The Kier molecular flexibility index (Phi) is 6.56. The van der Waals surface area contributed by atoms with E-state index in [4.69, 9.17) is 0 Å². The van der Waals surface area contributed by atoms with Crippen LogP contribution in [0.15, 0.2) is 30.5 Å². The van der Waals surface area contributed by atoms with Crippen LogP contribution in [-0.4, -0.2) is 35.8 Å². The molecule has 2 rings (SSSR count). The Morgan fingerprint density at radius 3 is 2.16 bits per heavy atom. The number of nitrogens with zero attached hydrogens (tertiary/aromatic N) is 3. The first-order chi connectivity index (χ1) is 14.1. The average Bonchev–Trinajstić information content (AvgIpc) is 2.63. The van der Waals surface area contributed by atoms with Gasteiger partial charge in [-0.15, -0.1) is 0 Å². The fourth-order valence-electron chi connectivity index (χ4n) is 2.03. The Morgan fingerprint density at radius 1 is 1.03 bits per heavy atom. The molecule has 170 valence electrons. The number of amides is 2. The zero-order chi connectivity index (χ0) is 23.6. The van der Waals surface area contributed by atoms with E-state index < -0.39 is 54.1 Å². The van der Waals surface area contributed by atoms with Crippen molar-refractivity contribution in [2.24, 2.45) is 0 Å². The summed E-state index contributed by atoms with van der Waals surface area (Å²) in [6.45, 7) is -1.92. The first-order valence-corrected chi connectivity index (χ1v) is 7.93. The molecule has 31 heavy (non-hydrogen) atoms. The molecule has 0 atom stereocenters. The summed E-state index contributed by atoms with van der Waals surface area (Å²) in [6.07, 6.45) is -13.9. The van der Waals surface area contributed by atoms with E-state index in [0.717, 1.165) is 13.1 Å². The highest BCUT2D eigenvalue weighted by molar-refractivity contribution is 6.00. The third-order valence-electron chi connectivity index (χ3n) is 3.48. The molecule has 0 saturated heterocycles. The summed E-state index contributed by atoms with van der Waals surface area (Å²) in [6, 6.07) is 0.856. The number of rotatable bonds is 4. The van der Waals surface area contributed by atoms with Gasteiger partial charge in [-0.25, -0.2) is 9.78 Å². The molecule has 0 unspecified atom stereocenters. The lowest BCUT2D eigenvalue weighted by molar-refractivity contribution is -0.154. The van der Waals surface area contributed by atoms with E-state index in [-0.39, 0.29) is 11.8 Å². The fraction of sp³-hybridized carbons (Fsp3) is 0.312. The first-order valence-electron chi connectivity index (χ1n) is 7.93. The Bertz CT molecular complexity index is 925. The van der Waals surface area contributed by atoms with Gasteiger partial charge in [0.2, 0.25) is 5.88 Å². The Morgan fingerprint density at radius 2 is 1.68 bits per heavy atom. The summed E-state index contributed by atoms with van der Waals surface area (Å²) in [7, 11) is 1.06. The number of ether oxygens (including phenoxy) is 1. The van der Waals surface area contributed by atoms with Gasteiger partial charge in [-0.3, -0.25) is 10.2 Å². The van der Waals surface area contributed by atoms with E-state index in [0.29, 0.717) is 23.2 Å². The number of carbonyl (C=O) groups excluding carboxylic acids is 1. The highest BCUT2D eigenvalue weighted by Gasteiger charge is 2.34. The molecule has 1 N–H and O–H groups in total. The smallest absolute Gasteiger partial charge is 0.433 e. The fourth-order valence-corrected chi connectivity index (χ4v) is 2.03. The van der Waals surface area contributed by atoms with Gasteiger partial charge < -0.3 is 4.74 Å². The summed E-state index contributed by atoms with van der Waals surface area (Å²) < 4.78 is 118. The Hall–Kier alpha value is -3.26. The molecular weight excluding hydrogens is 451 g/mol. The van der Waals surface area contributed by atoms with Gasteiger partial charge in [0.15, 0.2) is 6.61 Å². The third kappa shape index (κ3) is 6.89. The standard InChI is InChI=1S/C16H11F9N4O2/c1-29(9-2-3-10(26-6-9)16(23,24)25)13(30)28-11-4-8(15(20,21)22)5-12(27-11)31-7-14(17,18)19/h2-6H,7H2,1H3,(H,27,28,30). The van der Waals surface area contributed by atoms with Crippen molar-refractivity contribution in [2.45, 2.75) is 18.5 Å². The quantitative estimate of drug-likeness (QED) is 0.641. The first kappa shape index (κ1) is 24.0. The van der Waals surface area contributed by atoms with Crippen molar-refractivity contribution in [3.63, 3.8) is 0 Å². The normalized spacial score (nSPS) is 12.5. The minimum atomic E-state index is -5.00. The van der Waals surface area contributed by atoms with Gasteiger partial charge in [0.05, 0.1) is 17.4 Å². The maximum atomic E-state index is 13.0. The van der Waals surface area contributed by atoms with Crippen LogP contribution in [-0.2, 0) is 12.4 Å². The molecule has 0 aromatic carbocycles. The maximum Gasteiger partial charge on any atom is 0.433 e. The number of nitrogens with one attached hydrogen (secondary N) is 1. The van der Waals surface area contributed by atoms with Gasteiger partial charge in [0.1, 0.15) is 11.5 Å². The number of carbonyl (C=O) groups is 1. The van der Waals surface area contributed by atoms with Gasteiger partial charge in [-0.2, -0.15) is 44.5 Å². The summed E-state index contributed by atoms with van der Waals surface area (Å²) in [5.41, 5.74) is -2.85. The van der Waals surface area contributed by atoms with Crippen molar-refractivity contribution in [1.29, 1.82) is 0 Å². The average molecular weight is 462 g/mol. The highest BCUT2D eigenvalue weighted by atomic mass is 19.4. The van der Waals surface area contributed by atoms with Crippen molar-refractivity contribution in [1.82, 2.24) is 9.97 Å². The lowest BCUT2D eigenvalue weighted by Gasteiger charge is -2.19. The van der Waals surface area contributed by atoms with Crippen molar-refractivity contribution < 1.29 is 49.0 Å². The topological polar surface area (TPSA) is 67.4 Å². The number of pyridine rings is 2. The second kappa shape index (κ2) is 8.47. The number of alkyl halides is 9. The van der Waals surface area contributed by atoms with Crippen LogP contribution in [0.1, 0.15) is 11.3 Å². The molecule has 0 aliphatic rings. The van der Waals surface area contributed by atoms with E-state index in [1.165, 1.54) is 0 Å². The minimum Gasteiger partial charge on any atom is -0.468 e. The van der Waals surface area contributed by atoms with E-state index in [1.807, 2.05) is 5.32 Å². The van der Waals surface area contributed by atoms with Crippen LogP contribution in [0.25, 0.3) is 0 Å². The van der Waals surface area contributed by atoms with Crippen molar-refractivity contribution in [2.75, 3.05) is 23.9 Å². The molecule has 0 saturated carbocycles. The number of aromatic nitrogens is 2. The van der Waals surface area contributed by atoms with E-state index in [2.05, 4.69) is 14.7 Å². The maximum absolute atomic E-state index is 13.0. The monoisotopic (exact) mass is 462 g/mol. The van der Waals surface area contributed by atoms with Gasteiger partial charge in [-0.1, -0.05) is 0 Å².